The van der Waals surface area contributed by atoms with Gasteiger partial charge in [-0.3, -0.25) is 9.59 Å². The van der Waals surface area contributed by atoms with Crippen LogP contribution in [0.2, 0.25) is 0 Å². The van der Waals surface area contributed by atoms with Crippen molar-refractivity contribution in [3.05, 3.63) is 12.7 Å². The molecule has 0 radical (unpaired) electrons. The molecule has 0 aromatic heterocycles. The number of carbonyl (C=O) groups excluding carboxylic acids is 1. The Labute approximate surface area is 99.4 Å². The molecule has 5 heteroatoms. The molecule has 0 aliphatic carbocycles. The summed E-state index contributed by atoms with van der Waals surface area (Å²) in [5, 5.41) is 7.42. The van der Waals surface area contributed by atoms with Crippen molar-refractivity contribution >= 4 is 27.9 Å². The fourth-order valence-electron chi connectivity index (χ4n) is 0.232. The maximum Gasteiger partial charge on any atom is 0.302 e. The first-order chi connectivity index (χ1) is 6.77. The fourth-order valence-corrected chi connectivity index (χ4v) is 0.364. The van der Waals surface area contributed by atoms with Crippen LogP contribution in [0.3, 0.4) is 0 Å². The number of carboxylic acid groups (broad SMARTS) is 1. The lowest BCUT2D eigenvalue weighted by Gasteiger charge is -2.00. The maximum atomic E-state index is 10.1. The van der Waals surface area contributed by atoms with Crippen molar-refractivity contribution in [1.82, 2.24) is 0 Å². The zero-order valence-corrected chi connectivity index (χ0v) is 11.2. The van der Waals surface area contributed by atoms with E-state index in [-0.39, 0.29) is 10.8 Å². The van der Waals surface area contributed by atoms with E-state index in [0.29, 0.717) is 6.61 Å². The third-order valence-corrected chi connectivity index (χ3v) is 0.781. The molecule has 0 amide bonds. The Bertz CT molecular complexity index is 174. The summed E-state index contributed by atoms with van der Waals surface area (Å²) >= 11 is 3.23. The highest BCUT2D eigenvalue weighted by atomic mass is 79.9. The van der Waals surface area contributed by atoms with E-state index in [0.717, 1.165) is 6.92 Å². The maximum absolute atomic E-state index is 10.1. The Morgan fingerprint density at radius 2 is 1.80 bits per heavy atom. The van der Waals surface area contributed by atoms with E-state index in [2.05, 4.69) is 27.2 Å². The second-order valence-corrected chi connectivity index (χ2v) is 4.07. The summed E-state index contributed by atoms with van der Waals surface area (Å²) in [6.07, 6.45) is 1.75. The normalized spacial score (nSPS) is 9.40. The molecular weight excluding hydrogens is 264 g/mol. The molecule has 1 N–H and O–H groups in total. The van der Waals surface area contributed by atoms with E-state index in [9.17, 15) is 4.79 Å². The molecule has 0 spiro atoms. The number of allylic oxidation sites excluding steroid dienone is 1. The zero-order valence-electron chi connectivity index (χ0n) is 9.62. The molecule has 0 bridgehead atoms. The van der Waals surface area contributed by atoms with Crippen molar-refractivity contribution in [3.63, 3.8) is 0 Å². The van der Waals surface area contributed by atoms with Crippen LogP contribution in [0.4, 0.5) is 0 Å². The lowest BCUT2D eigenvalue weighted by atomic mass is 10.5. The molecule has 1 unspecified atom stereocenters. The SMILES string of the molecule is C=CC.CC(=O)O.CC(=O)OCC(C)Br. The summed E-state index contributed by atoms with van der Waals surface area (Å²) < 4.78 is 4.62. The Balaban J connectivity index is -0.000000173. The molecule has 0 saturated carbocycles. The van der Waals surface area contributed by atoms with Gasteiger partial charge in [0.1, 0.15) is 6.61 Å². The van der Waals surface area contributed by atoms with Crippen LogP contribution in [0.25, 0.3) is 0 Å². The number of esters is 1. The average Bonchev–Trinajstić information content (AvgIpc) is 2.01. The van der Waals surface area contributed by atoms with Crippen molar-refractivity contribution in [2.45, 2.75) is 32.5 Å². The number of hydrogen-bond acceptors (Lipinski definition) is 3. The molecule has 0 fully saturated rings. The summed E-state index contributed by atoms with van der Waals surface area (Å²) in [5.74, 6) is -1.06. The van der Waals surface area contributed by atoms with Gasteiger partial charge in [-0.15, -0.1) is 6.58 Å². The average molecular weight is 283 g/mol. The molecule has 0 aliphatic rings. The van der Waals surface area contributed by atoms with Crippen LogP contribution in [-0.2, 0) is 14.3 Å². The lowest BCUT2D eigenvalue weighted by molar-refractivity contribution is -0.140. The number of hydrogen-bond donors (Lipinski definition) is 1. The van der Waals surface area contributed by atoms with Gasteiger partial charge in [0.25, 0.3) is 5.97 Å². The van der Waals surface area contributed by atoms with Gasteiger partial charge in [0, 0.05) is 18.7 Å². The molecule has 0 saturated heterocycles. The summed E-state index contributed by atoms with van der Waals surface area (Å²) in [4.78, 5) is 19.4. The second-order valence-electron chi connectivity index (χ2n) is 2.51. The molecule has 4 nitrogen and oxygen atoms in total. The third kappa shape index (κ3) is 94.7. The molecule has 0 aromatic carbocycles. The van der Waals surface area contributed by atoms with Crippen molar-refractivity contribution in [2.75, 3.05) is 6.61 Å². The van der Waals surface area contributed by atoms with E-state index in [1.165, 1.54) is 6.92 Å². The molecule has 0 aliphatic heterocycles. The number of ether oxygens (including phenoxy) is 1. The van der Waals surface area contributed by atoms with Gasteiger partial charge >= 0.3 is 5.97 Å². The Kier molecular flexibility index (Phi) is 20.5. The van der Waals surface area contributed by atoms with Crippen molar-refractivity contribution in [1.29, 1.82) is 0 Å². The molecule has 0 heterocycles. The number of halogens is 1. The number of carboxylic acids is 1. The zero-order chi connectivity index (χ0) is 12.9. The third-order valence-electron chi connectivity index (χ3n) is 0.516. The first-order valence-corrected chi connectivity index (χ1v) is 5.23. The summed E-state index contributed by atoms with van der Waals surface area (Å²) in [6, 6.07) is 0. The minimum atomic E-state index is -0.833. The van der Waals surface area contributed by atoms with Gasteiger partial charge in [0.05, 0.1) is 0 Å². The minimum absolute atomic E-state index is 0.226. The molecular formula is C10H19BrO4. The van der Waals surface area contributed by atoms with Crippen molar-refractivity contribution in [3.8, 4) is 0 Å². The second kappa shape index (κ2) is 15.6. The number of carbonyl (C=O) groups is 2. The molecule has 0 rings (SSSR count). The predicted molar refractivity (Wildman–Crippen MR) is 64.2 cm³/mol. The van der Waals surface area contributed by atoms with Gasteiger partial charge in [-0.05, 0) is 13.8 Å². The van der Waals surface area contributed by atoms with E-state index < -0.39 is 5.97 Å². The highest BCUT2D eigenvalue weighted by Crippen LogP contribution is 1.96. The van der Waals surface area contributed by atoms with Gasteiger partial charge in [-0.2, -0.15) is 0 Å². The van der Waals surface area contributed by atoms with Gasteiger partial charge in [0.2, 0.25) is 0 Å². The van der Waals surface area contributed by atoms with Crippen LogP contribution in [0.1, 0.15) is 27.7 Å². The highest BCUT2D eigenvalue weighted by Gasteiger charge is 1.96. The van der Waals surface area contributed by atoms with Gasteiger partial charge in [0.15, 0.2) is 0 Å². The first-order valence-electron chi connectivity index (χ1n) is 4.31. The van der Waals surface area contributed by atoms with Crippen molar-refractivity contribution < 1.29 is 19.4 Å². The number of rotatable bonds is 2. The molecule has 15 heavy (non-hydrogen) atoms. The van der Waals surface area contributed by atoms with Gasteiger partial charge in [-0.1, -0.05) is 22.0 Å². The van der Waals surface area contributed by atoms with Crippen LogP contribution in [-0.4, -0.2) is 28.5 Å². The molecule has 1 atom stereocenters. The lowest BCUT2D eigenvalue weighted by Crippen LogP contribution is -2.07. The first kappa shape index (κ1) is 19.7. The van der Waals surface area contributed by atoms with Crippen LogP contribution in [0.5, 0.6) is 0 Å². The van der Waals surface area contributed by atoms with Gasteiger partial charge in [-0.25, -0.2) is 0 Å². The van der Waals surface area contributed by atoms with E-state index in [1.54, 1.807) is 6.08 Å². The fraction of sp³-hybridized carbons (Fsp3) is 0.600. The van der Waals surface area contributed by atoms with Crippen LogP contribution in [0, 0.1) is 0 Å². The Hall–Kier alpha value is -0.840. The quantitative estimate of drug-likeness (QED) is 0.480. The summed E-state index contributed by atoms with van der Waals surface area (Å²) in [6.45, 7) is 10.1. The number of aliphatic carboxylic acids is 1. The predicted octanol–water partition coefficient (Wildman–Crippen LogP) is 2.62. The standard InChI is InChI=1S/C5H9BrO2.C3H6.C2H4O2/c1-4(6)3-8-5(2)7;1-3-2;1-2(3)4/h4H,3H2,1-2H3;3H,1H2,2H3;1H3,(H,3,4). The van der Waals surface area contributed by atoms with Crippen LogP contribution >= 0.6 is 15.9 Å². The molecule has 90 valence electrons. The Morgan fingerprint density at radius 1 is 1.53 bits per heavy atom. The monoisotopic (exact) mass is 282 g/mol. The van der Waals surface area contributed by atoms with Crippen LogP contribution in [0.15, 0.2) is 12.7 Å². The number of alkyl halides is 1. The van der Waals surface area contributed by atoms with E-state index >= 15 is 0 Å². The van der Waals surface area contributed by atoms with Crippen molar-refractivity contribution in [2.24, 2.45) is 0 Å². The summed E-state index contributed by atoms with van der Waals surface area (Å²) in [7, 11) is 0. The van der Waals surface area contributed by atoms with Gasteiger partial charge < -0.3 is 9.84 Å². The largest absolute Gasteiger partial charge is 0.481 e. The Morgan fingerprint density at radius 3 is 1.87 bits per heavy atom. The van der Waals surface area contributed by atoms with E-state index in [4.69, 9.17) is 9.90 Å². The van der Waals surface area contributed by atoms with E-state index in [1.807, 2.05) is 13.8 Å². The summed E-state index contributed by atoms with van der Waals surface area (Å²) in [5.41, 5.74) is 0. The highest BCUT2D eigenvalue weighted by molar-refractivity contribution is 9.09. The molecule has 0 aromatic rings. The topological polar surface area (TPSA) is 63.6 Å². The smallest absolute Gasteiger partial charge is 0.302 e. The minimum Gasteiger partial charge on any atom is -0.481 e. The van der Waals surface area contributed by atoms with Crippen LogP contribution < -0.4 is 0 Å².